The molecule has 0 spiro atoms. The molecule has 18 heavy (non-hydrogen) atoms. The third kappa shape index (κ3) is 2.91. The van der Waals surface area contributed by atoms with E-state index >= 15 is 0 Å². The zero-order chi connectivity index (χ0) is 12.8. The Bertz CT molecular complexity index is 344. The Balaban J connectivity index is 2.11. The first-order valence-corrected chi connectivity index (χ1v) is 6.73. The van der Waals surface area contributed by atoms with Crippen LogP contribution < -0.4 is 0 Å². The van der Waals surface area contributed by atoms with Crippen LogP contribution >= 0.6 is 0 Å². The molecule has 1 atom stereocenters. The molecule has 0 radical (unpaired) electrons. The van der Waals surface area contributed by atoms with Crippen molar-refractivity contribution >= 4 is 0 Å². The van der Waals surface area contributed by atoms with Gasteiger partial charge in [-0.25, -0.2) is 0 Å². The standard InChI is InChI=1S/C15H22O3/c1-2-8-15(17-9-10-18-15)14(12-16)11-13-6-4-3-5-7-13/h3-7,14,16H,2,8-12H2,1H3. The third-order valence-corrected chi connectivity index (χ3v) is 3.54. The molecule has 1 aromatic carbocycles. The van der Waals surface area contributed by atoms with Crippen LogP contribution in [0.2, 0.25) is 0 Å². The van der Waals surface area contributed by atoms with Gasteiger partial charge in [-0.1, -0.05) is 43.7 Å². The molecule has 3 heteroatoms. The quantitative estimate of drug-likeness (QED) is 0.842. The van der Waals surface area contributed by atoms with Crippen molar-refractivity contribution in [3.63, 3.8) is 0 Å². The molecular formula is C15H22O3. The molecule has 0 bridgehead atoms. The minimum Gasteiger partial charge on any atom is -0.396 e. The Morgan fingerprint density at radius 3 is 2.44 bits per heavy atom. The molecule has 2 rings (SSSR count). The molecular weight excluding hydrogens is 228 g/mol. The number of ether oxygens (including phenoxy) is 2. The fraction of sp³-hybridized carbons (Fsp3) is 0.600. The van der Waals surface area contributed by atoms with E-state index in [1.807, 2.05) is 18.2 Å². The van der Waals surface area contributed by atoms with E-state index in [4.69, 9.17) is 9.47 Å². The predicted octanol–water partition coefficient (Wildman–Crippen LogP) is 2.38. The number of rotatable bonds is 6. The lowest BCUT2D eigenvalue weighted by Gasteiger charge is -2.34. The van der Waals surface area contributed by atoms with Gasteiger partial charge in [-0.05, 0) is 12.0 Å². The smallest absolute Gasteiger partial charge is 0.173 e. The van der Waals surface area contributed by atoms with Crippen molar-refractivity contribution < 1.29 is 14.6 Å². The molecule has 3 nitrogen and oxygen atoms in total. The van der Waals surface area contributed by atoms with Crippen molar-refractivity contribution in [1.82, 2.24) is 0 Å². The van der Waals surface area contributed by atoms with Gasteiger partial charge in [0.05, 0.1) is 19.8 Å². The predicted molar refractivity (Wildman–Crippen MR) is 70.3 cm³/mol. The number of benzene rings is 1. The Morgan fingerprint density at radius 1 is 1.22 bits per heavy atom. The van der Waals surface area contributed by atoms with Crippen LogP contribution in [0.1, 0.15) is 25.3 Å². The van der Waals surface area contributed by atoms with Gasteiger partial charge in [-0.3, -0.25) is 0 Å². The summed E-state index contributed by atoms with van der Waals surface area (Å²) in [6.45, 7) is 3.47. The van der Waals surface area contributed by atoms with Crippen molar-refractivity contribution in [1.29, 1.82) is 0 Å². The largest absolute Gasteiger partial charge is 0.396 e. The van der Waals surface area contributed by atoms with E-state index in [0.717, 1.165) is 19.3 Å². The second-order valence-electron chi connectivity index (χ2n) is 4.83. The highest BCUT2D eigenvalue weighted by Crippen LogP contribution is 2.34. The highest BCUT2D eigenvalue weighted by molar-refractivity contribution is 5.16. The molecule has 1 fully saturated rings. The number of aliphatic hydroxyl groups is 1. The minimum absolute atomic E-state index is 0.00218. The molecule has 1 aliphatic heterocycles. The lowest BCUT2D eigenvalue weighted by atomic mass is 9.89. The second-order valence-corrected chi connectivity index (χ2v) is 4.83. The molecule has 100 valence electrons. The summed E-state index contributed by atoms with van der Waals surface area (Å²) < 4.78 is 11.6. The molecule has 0 amide bonds. The molecule has 1 aliphatic rings. The molecule has 1 saturated heterocycles. The number of hydrogen-bond donors (Lipinski definition) is 1. The van der Waals surface area contributed by atoms with Crippen LogP contribution in [-0.2, 0) is 15.9 Å². The Labute approximate surface area is 109 Å². The molecule has 1 aromatic rings. The van der Waals surface area contributed by atoms with Crippen molar-refractivity contribution in [2.45, 2.75) is 32.0 Å². The van der Waals surface area contributed by atoms with Crippen LogP contribution in [0.5, 0.6) is 0 Å². The van der Waals surface area contributed by atoms with Crippen molar-refractivity contribution in [3.8, 4) is 0 Å². The molecule has 0 saturated carbocycles. The van der Waals surface area contributed by atoms with Gasteiger partial charge in [0, 0.05) is 12.3 Å². The lowest BCUT2D eigenvalue weighted by Crippen LogP contribution is -2.42. The maximum Gasteiger partial charge on any atom is 0.173 e. The molecule has 1 N–H and O–H groups in total. The Hall–Kier alpha value is -0.900. The monoisotopic (exact) mass is 250 g/mol. The number of aliphatic hydroxyl groups excluding tert-OH is 1. The fourth-order valence-electron chi connectivity index (χ4n) is 2.66. The summed E-state index contributed by atoms with van der Waals surface area (Å²) in [5, 5.41) is 9.68. The van der Waals surface area contributed by atoms with Crippen LogP contribution in [0.25, 0.3) is 0 Å². The maximum atomic E-state index is 9.68. The van der Waals surface area contributed by atoms with Gasteiger partial charge in [-0.15, -0.1) is 0 Å². The average Bonchev–Trinajstić information content (AvgIpc) is 2.87. The van der Waals surface area contributed by atoms with Crippen LogP contribution in [0.3, 0.4) is 0 Å². The van der Waals surface area contributed by atoms with Gasteiger partial charge in [0.25, 0.3) is 0 Å². The first-order chi connectivity index (χ1) is 8.80. The van der Waals surface area contributed by atoms with E-state index in [-0.39, 0.29) is 12.5 Å². The third-order valence-electron chi connectivity index (χ3n) is 3.54. The van der Waals surface area contributed by atoms with E-state index < -0.39 is 5.79 Å². The van der Waals surface area contributed by atoms with Gasteiger partial charge in [-0.2, -0.15) is 0 Å². The fourth-order valence-corrected chi connectivity index (χ4v) is 2.66. The van der Waals surface area contributed by atoms with E-state index in [1.54, 1.807) is 0 Å². The van der Waals surface area contributed by atoms with Crippen molar-refractivity contribution in [2.75, 3.05) is 19.8 Å². The first kappa shape index (κ1) is 13.5. The summed E-state index contributed by atoms with van der Waals surface area (Å²) in [5.74, 6) is -0.582. The van der Waals surface area contributed by atoms with Crippen LogP contribution in [0.4, 0.5) is 0 Å². The highest BCUT2D eigenvalue weighted by atomic mass is 16.7. The molecule has 1 unspecified atom stereocenters. The van der Waals surface area contributed by atoms with E-state index in [0.29, 0.717) is 13.2 Å². The normalized spacial score (nSPS) is 19.9. The molecule has 0 aromatic heterocycles. The average molecular weight is 250 g/mol. The van der Waals surface area contributed by atoms with E-state index in [2.05, 4.69) is 19.1 Å². The molecule has 0 aliphatic carbocycles. The minimum atomic E-state index is -0.584. The Morgan fingerprint density at radius 2 is 1.89 bits per heavy atom. The van der Waals surface area contributed by atoms with Gasteiger partial charge in [0.1, 0.15) is 0 Å². The SMILES string of the molecule is CCCC1(C(CO)Cc2ccccc2)OCCO1. The van der Waals surface area contributed by atoms with Crippen molar-refractivity contribution in [3.05, 3.63) is 35.9 Å². The summed E-state index contributed by atoms with van der Waals surface area (Å²) in [7, 11) is 0. The van der Waals surface area contributed by atoms with E-state index in [9.17, 15) is 5.11 Å². The van der Waals surface area contributed by atoms with Crippen LogP contribution in [-0.4, -0.2) is 30.7 Å². The summed E-state index contributed by atoms with van der Waals surface area (Å²) in [4.78, 5) is 0. The lowest BCUT2D eigenvalue weighted by molar-refractivity contribution is -0.207. The van der Waals surface area contributed by atoms with Gasteiger partial charge >= 0.3 is 0 Å². The summed E-state index contributed by atoms with van der Waals surface area (Å²) in [6.07, 6.45) is 2.62. The highest BCUT2D eigenvalue weighted by Gasteiger charge is 2.43. The second kappa shape index (κ2) is 6.32. The maximum absolute atomic E-state index is 9.68. The van der Waals surface area contributed by atoms with Gasteiger partial charge < -0.3 is 14.6 Å². The van der Waals surface area contributed by atoms with Gasteiger partial charge in [0.2, 0.25) is 0 Å². The van der Waals surface area contributed by atoms with E-state index in [1.165, 1.54) is 5.56 Å². The summed E-state index contributed by atoms with van der Waals surface area (Å²) in [6, 6.07) is 10.2. The topological polar surface area (TPSA) is 38.7 Å². The Kier molecular flexibility index (Phi) is 4.75. The van der Waals surface area contributed by atoms with Gasteiger partial charge in [0.15, 0.2) is 5.79 Å². The van der Waals surface area contributed by atoms with Crippen LogP contribution in [0.15, 0.2) is 30.3 Å². The first-order valence-electron chi connectivity index (χ1n) is 6.73. The van der Waals surface area contributed by atoms with Crippen molar-refractivity contribution in [2.24, 2.45) is 5.92 Å². The zero-order valence-corrected chi connectivity index (χ0v) is 11.0. The summed E-state index contributed by atoms with van der Waals surface area (Å²) in [5.41, 5.74) is 1.21. The molecule has 1 heterocycles. The number of hydrogen-bond acceptors (Lipinski definition) is 3. The van der Waals surface area contributed by atoms with Crippen LogP contribution in [0, 0.1) is 5.92 Å². The summed E-state index contributed by atoms with van der Waals surface area (Å²) >= 11 is 0. The zero-order valence-electron chi connectivity index (χ0n) is 11.0.